The fraction of sp³-hybridized carbons (Fsp3) is 0.333. The van der Waals surface area contributed by atoms with Gasteiger partial charge in [-0.25, -0.2) is 0 Å². The van der Waals surface area contributed by atoms with E-state index in [9.17, 15) is 5.11 Å². The molecule has 5 heteroatoms. The van der Waals surface area contributed by atoms with Crippen LogP contribution >= 0.6 is 27.3 Å². The van der Waals surface area contributed by atoms with Gasteiger partial charge < -0.3 is 5.11 Å². The molecule has 0 radical (unpaired) electrons. The molecule has 0 aliphatic rings. The molecule has 0 bridgehead atoms. The van der Waals surface area contributed by atoms with Crippen molar-refractivity contribution in [3.05, 3.63) is 43.8 Å². The van der Waals surface area contributed by atoms with Crippen LogP contribution in [-0.4, -0.2) is 15.3 Å². The van der Waals surface area contributed by atoms with Crippen molar-refractivity contribution in [2.45, 2.75) is 26.4 Å². The third-order valence-electron chi connectivity index (χ3n) is 2.59. The van der Waals surface area contributed by atoms with E-state index in [0.717, 1.165) is 33.4 Å². The van der Waals surface area contributed by atoms with Gasteiger partial charge in [0, 0.05) is 21.0 Å². The molecule has 0 fully saturated rings. The minimum absolute atomic E-state index is 0.639. The average Bonchev–Trinajstić information content (AvgIpc) is 2.74. The lowest BCUT2D eigenvalue weighted by atomic mass is 10.0. The number of nitrogens with zero attached hydrogens (tertiary/aromatic N) is 2. The smallest absolute Gasteiger partial charge is 0.108 e. The maximum Gasteiger partial charge on any atom is 0.108 e. The number of thiophene rings is 1. The number of halogens is 1. The van der Waals surface area contributed by atoms with Crippen LogP contribution in [0.15, 0.2) is 21.3 Å². The third kappa shape index (κ3) is 2.56. The van der Waals surface area contributed by atoms with E-state index >= 15 is 0 Å². The minimum atomic E-state index is -0.639. The Kier molecular flexibility index (Phi) is 3.91. The maximum absolute atomic E-state index is 10.4. The van der Waals surface area contributed by atoms with Gasteiger partial charge in [-0.2, -0.15) is 21.5 Å². The predicted molar refractivity (Wildman–Crippen MR) is 72.2 cm³/mol. The zero-order valence-electron chi connectivity index (χ0n) is 9.64. The van der Waals surface area contributed by atoms with Gasteiger partial charge in [0.15, 0.2) is 0 Å². The topological polar surface area (TPSA) is 46.0 Å². The molecule has 0 saturated heterocycles. The summed E-state index contributed by atoms with van der Waals surface area (Å²) >= 11 is 5.01. The number of hydrogen-bond donors (Lipinski definition) is 1. The zero-order chi connectivity index (χ0) is 12.4. The van der Waals surface area contributed by atoms with E-state index in [2.05, 4.69) is 26.1 Å². The molecule has 1 atom stereocenters. The summed E-state index contributed by atoms with van der Waals surface area (Å²) in [6, 6.07) is 1.90. The van der Waals surface area contributed by atoms with Gasteiger partial charge >= 0.3 is 0 Å². The number of aromatic nitrogens is 2. The molecule has 0 aliphatic carbocycles. The van der Waals surface area contributed by atoms with Crippen LogP contribution in [0.2, 0.25) is 0 Å². The normalized spacial score (nSPS) is 12.7. The van der Waals surface area contributed by atoms with Gasteiger partial charge in [0.25, 0.3) is 0 Å². The second-order valence-electron chi connectivity index (χ2n) is 3.82. The molecule has 2 rings (SSSR count). The van der Waals surface area contributed by atoms with Crippen LogP contribution in [0.1, 0.15) is 35.5 Å². The van der Waals surface area contributed by atoms with Crippen LogP contribution in [0.5, 0.6) is 0 Å². The highest BCUT2D eigenvalue weighted by Crippen LogP contribution is 2.32. The van der Waals surface area contributed by atoms with Gasteiger partial charge in [0.05, 0.1) is 11.4 Å². The Hall–Kier alpha value is -0.780. The largest absolute Gasteiger partial charge is 0.384 e. The third-order valence-corrected chi connectivity index (χ3v) is 4.34. The second-order valence-corrected chi connectivity index (χ2v) is 5.42. The van der Waals surface area contributed by atoms with E-state index < -0.39 is 6.10 Å². The molecule has 2 heterocycles. The molecule has 1 N–H and O–H groups in total. The standard InChI is InChI=1S/C12H13BrN2OS/c1-3-11-8(4-7(2)14-15-11)12(16)9-5-17-6-10(9)13/h4-6,12,16H,3H2,1-2H3. The van der Waals surface area contributed by atoms with Gasteiger partial charge in [-0.1, -0.05) is 6.92 Å². The first-order valence-corrected chi connectivity index (χ1v) is 7.09. The number of hydrogen-bond acceptors (Lipinski definition) is 4. The molecule has 0 aliphatic heterocycles. The van der Waals surface area contributed by atoms with Crippen molar-refractivity contribution < 1.29 is 5.11 Å². The molecule has 0 amide bonds. The first kappa shape index (κ1) is 12.7. The van der Waals surface area contributed by atoms with Crippen molar-refractivity contribution in [1.29, 1.82) is 0 Å². The molecular formula is C12H13BrN2OS. The summed E-state index contributed by atoms with van der Waals surface area (Å²) in [6.07, 6.45) is 0.126. The molecule has 17 heavy (non-hydrogen) atoms. The van der Waals surface area contributed by atoms with Crippen molar-refractivity contribution in [3.63, 3.8) is 0 Å². The van der Waals surface area contributed by atoms with Crippen LogP contribution in [0, 0.1) is 6.92 Å². The lowest BCUT2D eigenvalue weighted by Crippen LogP contribution is -2.07. The van der Waals surface area contributed by atoms with Crippen LogP contribution in [0.3, 0.4) is 0 Å². The summed E-state index contributed by atoms with van der Waals surface area (Å²) in [7, 11) is 0. The second kappa shape index (κ2) is 5.25. The van der Waals surface area contributed by atoms with Crippen LogP contribution in [0.4, 0.5) is 0 Å². The van der Waals surface area contributed by atoms with Crippen molar-refractivity contribution in [2.75, 3.05) is 0 Å². The zero-order valence-corrected chi connectivity index (χ0v) is 12.0. The lowest BCUT2D eigenvalue weighted by molar-refractivity contribution is 0.218. The molecule has 2 aromatic rings. The van der Waals surface area contributed by atoms with Crippen molar-refractivity contribution >= 4 is 27.3 Å². The van der Waals surface area contributed by atoms with Crippen molar-refractivity contribution in [2.24, 2.45) is 0 Å². The molecule has 0 saturated carbocycles. The van der Waals surface area contributed by atoms with Crippen LogP contribution in [-0.2, 0) is 6.42 Å². The van der Waals surface area contributed by atoms with E-state index in [4.69, 9.17) is 0 Å². The minimum Gasteiger partial charge on any atom is -0.384 e. The highest BCUT2D eigenvalue weighted by atomic mass is 79.9. The first-order valence-electron chi connectivity index (χ1n) is 5.36. The van der Waals surface area contributed by atoms with Crippen molar-refractivity contribution in [1.82, 2.24) is 10.2 Å². The SMILES string of the molecule is CCc1nnc(C)cc1C(O)c1cscc1Br. The van der Waals surface area contributed by atoms with E-state index in [1.165, 1.54) is 0 Å². The Morgan fingerprint density at radius 2 is 2.12 bits per heavy atom. The van der Waals surface area contributed by atoms with Gasteiger partial charge in [-0.05, 0) is 40.7 Å². The predicted octanol–water partition coefficient (Wildman–Crippen LogP) is 3.25. The summed E-state index contributed by atoms with van der Waals surface area (Å²) in [5.41, 5.74) is 3.40. The molecular weight excluding hydrogens is 300 g/mol. The molecule has 0 spiro atoms. The Bertz CT molecular complexity index is 527. The average molecular weight is 313 g/mol. The molecule has 3 nitrogen and oxygen atoms in total. The molecule has 0 aromatic carbocycles. The summed E-state index contributed by atoms with van der Waals surface area (Å²) in [5.74, 6) is 0. The van der Waals surface area contributed by atoms with Crippen LogP contribution in [0.25, 0.3) is 0 Å². The van der Waals surface area contributed by atoms with Crippen LogP contribution < -0.4 is 0 Å². The Morgan fingerprint density at radius 3 is 2.71 bits per heavy atom. The number of aryl methyl sites for hydroxylation is 2. The maximum atomic E-state index is 10.4. The number of aliphatic hydroxyl groups is 1. The lowest BCUT2D eigenvalue weighted by Gasteiger charge is -2.13. The Morgan fingerprint density at radius 1 is 1.35 bits per heavy atom. The summed E-state index contributed by atoms with van der Waals surface area (Å²) in [4.78, 5) is 0. The Labute approximate surface area is 113 Å². The summed E-state index contributed by atoms with van der Waals surface area (Å²) in [5, 5.41) is 22.5. The molecule has 1 unspecified atom stereocenters. The monoisotopic (exact) mass is 312 g/mol. The Balaban J connectivity index is 2.46. The van der Waals surface area contributed by atoms with E-state index in [-0.39, 0.29) is 0 Å². The first-order chi connectivity index (χ1) is 8.13. The fourth-order valence-corrected chi connectivity index (χ4v) is 3.23. The van der Waals surface area contributed by atoms with E-state index in [0.29, 0.717) is 0 Å². The van der Waals surface area contributed by atoms with E-state index in [1.54, 1.807) is 11.3 Å². The highest BCUT2D eigenvalue weighted by Gasteiger charge is 2.18. The van der Waals surface area contributed by atoms with Gasteiger partial charge in [-0.15, -0.1) is 0 Å². The molecule has 2 aromatic heterocycles. The number of rotatable bonds is 3. The van der Waals surface area contributed by atoms with Gasteiger partial charge in [0.2, 0.25) is 0 Å². The van der Waals surface area contributed by atoms with Gasteiger partial charge in [0.1, 0.15) is 6.10 Å². The van der Waals surface area contributed by atoms with Crippen molar-refractivity contribution in [3.8, 4) is 0 Å². The fourth-order valence-electron chi connectivity index (χ4n) is 1.70. The molecule has 90 valence electrons. The quantitative estimate of drug-likeness (QED) is 0.946. The summed E-state index contributed by atoms with van der Waals surface area (Å²) < 4.78 is 0.937. The van der Waals surface area contributed by atoms with Gasteiger partial charge in [-0.3, -0.25) is 0 Å². The number of aliphatic hydroxyl groups excluding tert-OH is 1. The van der Waals surface area contributed by atoms with E-state index in [1.807, 2.05) is 30.7 Å². The highest BCUT2D eigenvalue weighted by molar-refractivity contribution is 9.10. The summed E-state index contributed by atoms with van der Waals surface area (Å²) in [6.45, 7) is 3.89.